The Balaban J connectivity index is 1.77. The molecule has 0 aliphatic carbocycles. The van der Waals surface area contributed by atoms with Crippen LogP contribution in [0.5, 0.6) is 0 Å². The molecule has 2 aromatic carbocycles. The first-order valence-corrected chi connectivity index (χ1v) is 7.39. The number of amides is 1. The molecule has 3 aromatic rings. The van der Waals surface area contributed by atoms with E-state index in [2.05, 4.69) is 10.3 Å². The second-order valence-corrected chi connectivity index (χ2v) is 5.47. The van der Waals surface area contributed by atoms with Gasteiger partial charge in [-0.05, 0) is 29.8 Å². The molecular formula is C18H15FN2O3. The van der Waals surface area contributed by atoms with Gasteiger partial charge in [-0.25, -0.2) is 9.18 Å². The van der Waals surface area contributed by atoms with Crippen LogP contribution in [0, 0.1) is 5.82 Å². The molecule has 0 fully saturated rings. The molecule has 0 spiro atoms. The molecule has 3 N–H and O–H groups in total. The Hall–Kier alpha value is -3.15. The van der Waals surface area contributed by atoms with E-state index >= 15 is 0 Å². The second kappa shape index (κ2) is 6.54. The third kappa shape index (κ3) is 3.43. The van der Waals surface area contributed by atoms with Crippen LogP contribution in [0.2, 0.25) is 0 Å². The van der Waals surface area contributed by atoms with E-state index in [0.717, 1.165) is 10.9 Å². The highest BCUT2D eigenvalue weighted by Crippen LogP contribution is 2.15. The number of H-pyrrole nitrogens is 1. The lowest BCUT2D eigenvalue weighted by molar-refractivity contribution is -0.139. The number of para-hydroxylation sites is 1. The monoisotopic (exact) mass is 326 g/mol. The Morgan fingerprint density at radius 1 is 1.12 bits per heavy atom. The van der Waals surface area contributed by atoms with Gasteiger partial charge in [0, 0.05) is 17.3 Å². The van der Waals surface area contributed by atoms with Crippen LogP contribution in [0.3, 0.4) is 0 Å². The van der Waals surface area contributed by atoms with Crippen LogP contribution in [-0.2, 0) is 11.2 Å². The zero-order chi connectivity index (χ0) is 17.1. The van der Waals surface area contributed by atoms with Crippen molar-refractivity contribution < 1.29 is 19.1 Å². The van der Waals surface area contributed by atoms with Crippen LogP contribution in [0.15, 0.2) is 54.6 Å². The molecule has 3 rings (SSSR count). The zero-order valence-electron chi connectivity index (χ0n) is 12.6. The van der Waals surface area contributed by atoms with E-state index in [9.17, 15) is 19.1 Å². The van der Waals surface area contributed by atoms with E-state index in [-0.39, 0.29) is 12.1 Å². The summed E-state index contributed by atoms with van der Waals surface area (Å²) < 4.78 is 13.2. The minimum Gasteiger partial charge on any atom is -0.480 e. The van der Waals surface area contributed by atoms with Crippen molar-refractivity contribution >= 4 is 22.8 Å². The highest BCUT2D eigenvalue weighted by atomic mass is 19.1. The van der Waals surface area contributed by atoms with Crippen LogP contribution in [0.1, 0.15) is 16.1 Å². The fourth-order valence-electron chi connectivity index (χ4n) is 2.53. The minimum absolute atomic E-state index is 0.000931. The van der Waals surface area contributed by atoms with Gasteiger partial charge in [0.05, 0.1) is 0 Å². The van der Waals surface area contributed by atoms with Crippen LogP contribution in [0.25, 0.3) is 10.9 Å². The lowest BCUT2D eigenvalue weighted by atomic mass is 10.1. The van der Waals surface area contributed by atoms with Gasteiger partial charge in [0.2, 0.25) is 0 Å². The summed E-state index contributed by atoms with van der Waals surface area (Å²) in [5, 5.41) is 12.7. The second-order valence-electron chi connectivity index (χ2n) is 5.47. The third-order valence-electron chi connectivity index (χ3n) is 3.71. The van der Waals surface area contributed by atoms with Gasteiger partial charge < -0.3 is 15.4 Å². The molecule has 0 aliphatic heterocycles. The van der Waals surface area contributed by atoms with Gasteiger partial charge in [-0.1, -0.05) is 30.3 Å². The van der Waals surface area contributed by atoms with Crippen molar-refractivity contribution in [3.63, 3.8) is 0 Å². The normalized spacial score (nSPS) is 12.0. The number of aromatic nitrogens is 1. The first kappa shape index (κ1) is 15.7. The van der Waals surface area contributed by atoms with E-state index < -0.39 is 23.7 Å². The summed E-state index contributed by atoms with van der Waals surface area (Å²) in [6.45, 7) is 0. The van der Waals surface area contributed by atoms with Crippen LogP contribution >= 0.6 is 0 Å². The average molecular weight is 326 g/mol. The van der Waals surface area contributed by atoms with Gasteiger partial charge >= 0.3 is 5.97 Å². The largest absolute Gasteiger partial charge is 0.480 e. The molecule has 0 saturated carbocycles. The van der Waals surface area contributed by atoms with Crippen molar-refractivity contribution in [3.8, 4) is 0 Å². The van der Waals surface area contributed by atoms with E-state index in [0.29, 0.717) is 5.56 Å². The first-order valence-electron chi connectivity index (χ1n) is 7.39. The number of hydrogen-bond acceptors (Lipinski definition) is 2. The Morgan fingerprint density at radius 2 is 1.92 bits per heavy atom. The van der Waals surface area contributed by atoms with E-state index in [1.165, 1.54) is 18.2 Å². The molecule has 1 amide bonds. The SMILES string of the molecule is O=C(NC(Cc1cccc(F)c1)C(=O)O)c1cc2ccccc2[nH]1. The quantitative estimate of drug-likeness (QED) is 0.674. The summed E-state index contributed by atoms with van der Waals surface area (Å²) in [4.78, 5) is 26.7. The van der Waals surface area contributed by atoms with Crippen molar-refractivity contribution in [2.45, 2.75) is 12.5 Å². The summed E-state index contributed by atoms with van der Waals surface area (Å²) in [5.74, 6) is -2.14. The summed E-state index contributed by atoms with van der Waals surface area (Å²) in [6, 6.07) is 13.5. The van der Waals surface area contributed by atoms with Gasteiger partial charge in [0.15, 0.2) is 0 Å². The smallest absolute Gasteiger partial charge is 0.326 e. The van der Waals surface area contributed by atoms with E-state index in [1.807, 2.05) is 24.3 Å². The molecule has 0 radical (unpaired) electrons. The van der Waals surface area contributed by atoms with Gasteiger partial charge in [0.1, 0.15) is 17.6 Å². The predicted octanol–water partition coefficient (Wildman–Crippen LogP) is 2.73. The molecule has 1 aromatic heterocycles. The van der Waals surface area contributed by atoms with Crippen molar-refractivity contribution in [3.05, 3.63) is 71.7 Å². The number of nitrogens with one attached hydrogen (secondary N) is 2. The Labute approximate surface area is 137 Å². The molecule has 6 heteroatoms. The number of halogens is 1. The lowest BCUT2D eigenvalue weighted by Gasteiger charge is -2.14. The topological polar surface area (TPSA) is 82.2 Å². The molecule has 1 unspecified atom stereocenters. The summed E-state index contributed by atoms with van der Waals surface area (Å²) in [5.41, 5.74) is 1.57. The highest BCUT2D eigenvalue weighted by Gasteiger charge is 2.22. The fraction of sp³-hybridized carbons (Fsp3) is 0.111. The maximum absolute atomic E-state index is 13.2. The molecule has 24 heavy (non-hydrogen) atoms. The Bertz CT molecular complexity index is 871. The number of aliphatic carboxylic acids is 1. The van der Waals surface area contributed by atoms with Crippen LogP contribution < -0.4 is 5.32 Å². The molecule has 5 nitrogen and oxygen atoms in total. The number of benzene rings is 2. The number of carboxylic acid groups (broad SMARTS) is 1. The molecule has 1 heterocycles. The van der Waals surface area contributed by atoms with Crippen molar-refractivity contribution in [2.75, 3.05) is 0 Å². The maximum Gasteiger partial charge on any atom is 0.326 e. The number of fused-ring (bicyclic) bond motifs is 1. The van der Waals surface area contributed by atoms with Gasteiger partial charge in [-0.3, -0.25) is 4.79 Å². The third-order valence-corrected chi connectivity index (χ3v) is 3.71. The number of aromatic amines is 1. The fourth-order valence-corrected chi connectivity index (χ4v) is 2.53. The molecule has 0 aliphatic rings. The molecule has 1 atom stereocenters. The number of carbonyl (C=O) groups is 2. The number of carboxylic acids is 1. The molecule has 122 valence electrons. The number of hydrogen-bond donors (Lipinski definition) is 3. The summed E-state index contributed by atoms with van der Waals surface area (Å²) >= 11 is 0. The van der Waals surface area contributed by atoms with Crippen LogP contribution in [-0.4, -0.2) is 28.0 Å². The molecule has 0 saturated heterocycles. The first-order chi connectivity index (χ1) is 11.5. The maximum atomic E-state index is 13.2. The molecular weight excluding hydrogens is 311 g/mol. The Kier molecular flexibility index (Phi) is 4.29. The van der Waals surface area contributed by atoms with Crippen molar-refractivity contribution in [1.82, 2.24) is 10.3 Å². The van der Waals surface area contributed by atoms with E-state index in [4.69, 9.17) is 0 Å². The highest BCUT2D eigenvalue weighted by molar-refractivity contribution is 5.99. The number of rotatable bonds is 5. The Morgan fingerprint density at radius 3 is 2.62 bits per heavy atom. The number of carbonyl (C=O) groups excluding carboxylic acids is 1. The summed E-state index contributed by atoms with van der Waals surface area (Å²) in [6.07, 6.45) is -0.000931. The van der Waals surface area contributed by atoms with Gasteiger partial charge in [0.25, 0.3) is 5.91 Å². The van der Waals surface area contributed by atoms with Crippen molar-refractivity contribution in [1.29, 1.82) is 0 Å². The average Bonchev–Trinajstić information content (AvgIpc) is 2.98. The van der Waals surface area contributed by atoms with Crippen LogP contribution in [0.4, 0.5) is 4.39 Å². The van der Waals surface area contributed by atoms with Crippen molar-refractivity contribution in [2.24, 2.45) is 0 Å². The molecule has 0 bridgehead atoms. The van der Waals surface area contributed by atoms with Gasteiger partial charge in [-0.2, -0.15) is 0 Å². The standard InChI is InChI=1S/C18H15FN2O3/c19-13-6-3-4-11(8-13)9-16(18(23)24)21-17(22)15-10-12-5-1-2-7-14(12)20-15/h1-8,10,16,20H,9H2,(H,21,22)(H,23,24). The lowest BCUT2D eigenvalue weighted by Crippen LogP contribution is -2.42. The predicted molar refractivity (Wildman–Crippen MR) is 87.3 cm³/mol. The minimum atomic E-state index is -1.18. The zero-order valence-corrected chi connectivity index (χ0v) is 12.6. The summed E-state index contributed by atoms with van der Waals surface area (Å²) in [7, 11) is 0. The van der Waals surface area contributed by atoms with E-state index in [1.54, 1.807) is 12.1 Å². The van der Waals surface area contributed by atoms with Gasteiger partial charge in [-0.15, -0.1) is 0 Å².